The van der Waals surface area contributed by atoms with E-state index in [4.69, 9.17) is 17.3 Å². The summed E-state index contributed by atoms with van der Waals surface area (Å²) in [4.78, 5) is 13.1. The Hall–Kier alpha value is -0.910. The van der Waals surface area contributed by atoms with Crippen molar-refractivity contribution < 1.29 is 0 Å². The topological polar surface area (TPSA) is 58.3 Å². The van der Waals surface area contributed by atoms with Gasteiger partial charge in [0.05, 0.1) is 17.4 Å². The summed E-state index contributed by atoms with van der Waals surface area (Å²) >= 11 is 5.78. The number of nitrogens with two attached hydrogens (primary N) is 1. The molecule has 2 heterocycles. The fourth-order valence-electron chi connectivity index (χ4n) is 2.05. The predicted octanol–water partition coefficient (Wildman–Crippen LogP) is 0.601. The lowest BCUT2D eigenvalue weighted by atomic mass is 10.4. The van der Waals surface area contributed by atoms with Crippen LogP contribution in [0.4, 0.5) is 5.95 Å². The third-order valence-corrected chi connectivity index (χ3v) is 3.12. The van der Waals surface area contributed by atoms with Gasteiger partial charge in [-0.2, -0.15) is 0 Å². The molecule has 1 aromatic heterocycles. The Morgan fingerprint density at radius 1 is 1.18 bits per heavy atom. The minimum absolute atomic E-state index is 0.577. The van der Waals surface area contributed by atoms with Crippen LogP contribution < -0.4 is 10.6 Å². The summed E-state index contributed by atoms with van der Waals surface area (Å²) in [5.74, 6) is 0.768. The van der Waals surface area contributed by atoms with Crippen molar-refractivity contribution in [1.29, 1.82) is 0 Å². The van der Waals surface area contributed by atoms with Gasteiger partial charge < -0.3 is 15.5 Å². The van der Waals surface area contributed by atoms with Crippen molar-refractivity contribution in [2.24, 2.45) is 5.73 Å². The van der Waals surface area contributed by atoms with E-state index in [0.717, 1.165) is 51.6 Å². The Morgan fingerprint density at radius 2 is 1.94 bits per heavy atom. The van der Waals surface area contributed by atoms with Crippen LogP contribution >= 0.6 is 11.6 Å². The molecule has 6 heteroatoms. The van der Waals surface area contributed by atoms with Crippen molar-refractivity contribution in [2.45, 2.75) is 6.42 Å². The average molecular weight is 256 g/mol. The largest absolute Gasteiger partial charge is 0.339 e. The minimum Gasteiger partial charge on any atom is -0.339 e. The fraction of sp³-hybridized carbons (Fsp3) is 0.636. The second kappa shape index (κ2) is 6.14. The molecule has 2 rings (SSSR count). The second-order valence-corrected chi connectivity index (χ2v) is 4.61. The van der Waals surface area contributed by atoms with Crippen LogP contribution in [-0.2, 0) is 0 Å². The third kappa shape index (κ3) is 3.52. The average Bonchev–Trinajstić information content (AvgIpc) is 2.56. The summed E-state index contributed by atoms with van der Waals surface area (Å²) in [5.41, 5.74) is 5.58. The van der Waals surface area contributed by atoms with Crippen LogP contribution in [0.1, 0.15) is 6.42 Å². The van der Waals surface area contributed by atoms with Crippen molar-refractivity contribution in [1.82, 2.24) is 14.9 Å². The van der Waals surface area contributed by atoms with Gasteiger partial charge in [0.25, 0.3) is 0 Å². The maximum atomic E-state index is 5.78. The molecule has 0 spiro atoms. The summed E-state index contributed by atoms with van der Waals surface area (Å²) in [5, 5.41) is 0.577. The van der Waals surface area contributed by atoms with Gasteiger partial charge in [-0.3, -0.25) is 0 Å². The predicted molar refractivity (Wildman–Crippen MR) is 69.4 cm³/mol. The first kappa shape index (κ1) is 12.5. The summed E-state index contributed by atoms with van der Waals surface area (Å²) in [6, 6.07) is 0. The lowest BCUT2D eigenvalue weighted by Gasteiger charge is -2.21. The van der Waals surface area contributed by atoms with E-state index < -0.39 is 0 Å². The van der Waals surface area contributed by atoms with Crippen molar-refractivity contribution in [3.8, 4) is 0 Å². The van der Waals surface area contributed by atoms with Crippen LogP contribution in [0.3, 0.4) is 0 Å². The van der Waals surface area contributed by atoms with Crippen LogP contribution in [0.2, 0.25) is 5.02 Å². The van der Waals surface area contributed by atoms with E-state index in [1.165, 1.54) is 0 Å². The van der Waals surface area contributed by atoms with Crippen molar-refractivity contribution in [3.05, 3.63) is 17.4 Å². The number of halogens is 1. The Balaban J connectivity index is 1.96. The van der Waals surface area contributed by atoms with Crippen molar-refractivity contribution >= 4 is 17.5 Å². The molecule has 1 fully saturated rings. The smallest absolute Gasteiger partial charge is 0.225 e. The second-order valence-electron chi connectivity index (χ2n) is 4.17. The van der Waals surface area contributed by atoms with E-state index in [0.29, 0.717) is 5.02 Å². The molecule has 0 amide bonds. The molecular formula is C11H18ClN5. The minimum atomic E-state index is 0.577. The molecule has 0 aliphatic carbocycles. The highest BCUT2D eigenvalue weighted by Crippen LogP contribution is 2.12. The number of anilines is 1. The van der Waals surface area contributed by atoms with Gasteiger partial charge in [-0.05, 0) is 13.0 Å². The molecule has 17 heavy (non-hydrogen) atoms. The van der Waals surface area contributed by atoms with E-state index in [1.54, 1.807) is 12.4 Å². The van der Waals surface area contributed by atoms with E-state index in [1.807, 2.05) is 0 Å². The molecule has 1 aliphatic rings. The van der Waals surface area contributed by atoms with Gasteiger partial charge in [0, 0.05) is 32.7 Å². The third-order valence-electron chi connectivity index (χ3n) is 2.92. The zero-order chi connectivity index (χ0) is 12.1. The molecular weight excluding hydrogens is 238 g/mol. The molecule has 5 nitrogen and oxygen atoms in total. The molecule has 1 saturated heterocycles. The number of hydrogen-bond donors (Lipinski definition) is 1. The maximum Gasteiger partial charge on any atom is 0.225 e. The van der Waals surface area contributed by atoms with E-state index in [-0.39, 0.29) is 0 Å². The fourth-order valence-corrected chi connectivity index (χ4v) is 2.14. The first-order valence-corrected chi connectivity index (χ1v) is 6.32. The van der Waals surface area contributed by atoms with Crippen LogP contribution in [0.25, 0.3) is 0 Å². The summed E-state index contributed by atoms with van der Waals surface area (Å²) < 4.78 is 0. The molecule has 0 unspecified atom stereocenters. The molecule has 0 bridgehead atoms. The van der Waals surface area contributed by atoms with Gasteiger partial charge >= 0.3 is 0 Å². The van der Waals surface area contributed by atoms with Crippen LogP contribution in [0.5, 0.6) is 0 Å². The number of nitrogens with zero attached hydrogens (tertiary/aromatic N) is 4. The van der Waals surface area contributed by atoms with Gasteiger partial charge in [-0.1, -0.05) is 11.6 Å². The highest BCUT2D eigenvalue weighted by Gasteiger charge is 2.15. The lowest BCUT2D eigenvalue weighted by Crippen LogP contribution is -2.34. The molecule has 2 N–H and O–H groups in total. The molecule has 1 aromatic rings. The maximum absolute atomic E-state index is 5.78. The Morgan fingerprint density at radius 3 is 2.65 bits per heavy atom. The molecule has 0 atom stereocenters. The Kier molecular flexibility index (Phi) is 4.53. The molecule has 94 valence electrons. The van der Waals surface area contributed by atoms with E-state index in [2.05, 4.69) is 19.8 Å². The van der Waals surface area contributed by atoms with E-state index in [9.17, 15) is 0 Å². The quantitative estimate of drug-likeness (QED) is 0.857. The highest BCUT2D eigenvalue weighted by molar-refractivity contribution is 6.30. The Bertz CT molecular complexity index is 342. The first-order valence-electron chi connectivity index (χ1n) is 5.94. The summed E-state index contributed by atoms with van der Waals surface area (Å²) in [7, 11) is 0. The van der Waals surface area contributed by atoms with Gasteiger partial charge in [0.1, 0.15) is 0 Å². The van der Waals surface area contributed by atoms with E-state index >= 15 is 0 Å². The van der Waals surface area contributed by atoms with Crippen molar-refractivity contribution in [3.63, 3.8) is 0 Å². The number of hydrogen-bond acceptors (Lipinski definition) is 5. The van der Waals surface area contributed by atoms with Gasteiger partial charge in [0.15, 0.2) is 0 Å². The van der Waals surface area contributed by atoms with Gasteiger partial charge in [0.2, 0.25) is 5.95 Å². The first-order chi connectivity index (χ1) is 8.29. The SMILES string of the molecule is NCCN1CCCN(c2ncc(Cl)cn2)CC1. The van der Waals surface area contributed by atoms with Crippen LogP contribution in [-0.4, -0.2) is 54.1 Å². The normalized spacial score (nSPS) is 18.1. The zero-order valence-corrected chi connectivity index (χ0v) is 10.6. The molecule has 1 aliphatic heterocycles. The monoisotopic (exact) mass is 255 g/mol. The van der Waals surface area contributed by atoms with Gasteiger partial charge in [-0.15, -0.1) is 0 Å². The standard InChI is InChI=1S/C11H18ClN5/c12-10-8-14-11(15-9-10)17-4-1-3-16(5-2-13)6-7-17/h8-9H,1-7,13H2. The van der Waals surface area contributed by atoms with Crippen LogP contribution in [0.15, 0.2) is 12.4 Å². The molecule has 0 radical (unpaired) electrons. The lowest BCUT2D eigenvalue weighted by molar-refractivity contribution is 0.302. The summed E-state index contributed by atoms with van der Waals surface area (Å²) in [6.45, 7) is 5.74. The molecule has 0 saturated carbocycles. The van der Waals surface area contributed by atoms with Crippen molar-refractivity contribution in [2.75, 3.05) is 44.2 Å². The molecule has 0 aromatic carbocycles. The summed E-state index contributed by atoms with van der Waals surface area (Å²) in [6.07, 6.45) is 4.41. The zero-order valence-electron chi connectivity index (χ0n) is 9.85. The number of aromatic nitrogens is 2. The number of rotatable bonds is 3. The van der Waals surface area contributed by atoms with Gasteiger partial charge in [-0.25, -0.2) is 9.97 Å². The highest BCUT2D eigenvalue weighted by atomic mass is 35.5. The Labute approximate surface area is 107 Å². The van der Waals surface area contributed by atoms with Crippen LogP contribution in [0, 0.1) is 0 Å².